The highest BCUT2D eigenvalue weighted by molar-refractivity contribution is 7.95. The number of hydrogen-bond donors (Lipinski definition) is 0. The Kier molecular flexibility index (Phi) is 8.47. The zero-order chi connectivity index (χ0) is 17.4. The predicted molar refractivity (Wildman–Crippen MR) is 108 cm³/mol. The molecule has 0 aromatic heterocycles. The minimum Gasteiger partial charge on any atom is -1.00 e. The maximum atomic E-state index is 4.72. The van der Waals surface area contributed by atoms with E-state index in [1.54, 1.807) is 0 Å². The molecule has 0 spiro atoms. The van der Waals surface area contributed by atoms with Crippen LogP contribution < -0.4 is 32.9 Å². The minimum atomic E-state index is -1.53. The van der Waals surface area contributed by atoms with Gasteiger partial charge >= 0.3 is 0 Å². The lowest BCUT2D eigenvalue weighted by Crippen LogP contribution is -3.00. The molecule has 4 rings (SSSR count). The van der Waals surface area contributed by atoms with Gasteiger partial charge in [-0.15, -0.1) is 0 Å². The molecule has 0 N–H and O–H groups in total. The first-order valence-corrected chi connectivity index (χ1v) is 10.7. The molecule has 1 fully saturated rings. The van der Waals surface area contributed by atoms with Gasteiger partial charge in [0.2, 0.25) is 0 Å². The van der Waals surface area contributed by atoms with Crippen LogP contribution in [0.25, 0.3) is 0 Å². The van der Waals surface area contributed by atoms with Crippen molar-refractivity contribution in [1.82, 2.24) is 0 Å². The Morgan fingerprint density at radius 1 is 0.577 bits per heavy atom. The van der Waals surface area contributed by atoms with Crippen molar-refractivity contribution in [2.45, 2.75) is 0 Å². The minimum absolute atomic E-state index is 0. The molecule has 0 unspecified atom stereocenters. The van der Waals surface area contributed by atoms with Crippen molar-refractivity contribution in [3.8, 4) is 0 Å². The molecule has 0 bridgehead atoms. The lowest BCUT2D eigenvalue weighted by molar-refractivity contribution is -0.00000772. The molecule has 1 saturated heterocycles. The Hall–Kier alpha value is -1.51. The first-order chi connectivity index (χ1) is 12.3. The van der Waals surface area contributed by atoms with E-state index in [1.165, 1.54) is 15.9 Å². The monoisotopic (exact) mass is 430 g/mol. The molecule has 1 heterocycles. The van der Waals surface area contributed by atoms with Crippen LogP contribution in [0.4, 0.5) is 0 Å². The molecule has 1 aliphatic rings. The highest BCUT2D eigenvalue weighted by Crippen LogP contribution is 2.51. The molecule has 4 heteroatoms. The molecule has 0 aliphatic carbocycles. The molecular weight excluding hydrogens is 407 g/mol. The zero-order valence-corrected chi connectivity index (χ0v) is 17.4. The van der Waals surface area contributed by atoms with E-state index in [4.69, 9.17) is 9.47 Å². The summed E-state index contributed by atoms with van der Waals surface area (Å²) in [4.78, 5) is 0. The van der Waals surface area contributed by atoms with Crippen LogP contribution in [0.3, 0.4) is 0 Å². The second-order valence-electron chi connectivity index (χ2n) is 5.95. The van der Waals surface area contributed by atoms with Gasteiger partial charge in [-0.25, -0.2) is 0 Å². The van der Waals surface area contributed by atoms with E-state index in [0.29, 0.717) is 6.79 Å². The molecule has 3 aromatic carbocycles. The summed E-state index contributed by atoms with van der Waals surface area (Å²) in [7, 11) is -1.53. The molecule has 0 amide bonds. The van der Waals surface area contributed by atoms with Crippen molar-refractivity contribution < 1.29 is 26.5 Å². The summed E-state index contributed by atoms with van der Waals surface area (Å²) in [5.41, 5.74) is 0. The Bertz CT molecular complexity index is 643. The summed E-state index contributed by atoms with van der Waals surface area (Å²) in [5.74, 6) is 0. The second-order valence-corrected chi connectivity index (χ2v) is 9.51. The van der Waals surface area contributed by atoms with Gasteiger partial charge in [0, 0.05) is 0 Å². The fraction of sp³-hybridized carbons (Fsp3) is 0.182. The van der Waals surface area contributed by atoms with E-state index in [-0.39, 0.29) is 17.0 Å². The number of hydrogen-bond acceptors (Lipinski definition) is 2. The number of ether oxygens (including phenoxy) is 2. The Morgan fingerprint density at radius 3 is 1.12 bits per heavy atom. The van der Waals surface area contributed by atoms with Gasteiger partial charge in [-0.05, 0) is 36.4 Å². The van der Waals surface area contributed by atoms with E-state index < -0.39 is 7.26 Å². The second kappa shape index (κ2) is 10.6. The maximum Gasteiger partial charge on any atom is 0.146 e. The van der Waals surface area contributed by atoms with Crippen molar-refractivity contribution in [3.63, 3.8) is 0 Å². The van der Waals surface area contributed by atoms with Gasteiger partial charge in [0.15, 0.2) is 0 Å². The molecular formula is C22H24BrO2P. The molecule has 0 radical (unpaired) electrons. The molecule has 2 nitrogen and oxygen atoms in total. The van der Waals surface area contributed by atoms with Gasteiger partial charge in [-0.1, -0.05) is 54.6 Å². The lowest BCUT2D eigenvalue weighted by Gasteiger charge is -2.22. The topological polar surface area (TPSA) is 18.5 Å². The van der Waals surface area contributed by atoms with Crippen LogP contribution in [-0.4, -0.2) is 26.7 Å². The van der Waals surface area contributed by atoms with Crippen molar-refractivity contribution >= 4 is 23.2 Å². The van der Waals surface area contributed by atoms with Crippen LogP contribution in [-0.2, 0) is 9.47 Å². The summed E-state index contributed by atoms with van der Waals surface area (Å²) in [6.07, 6.45) is 0. The fourth-order valence-electron chi connectivity index (χ4n) is 2.92. The smallest absolute Gasteiger partial charge is 0.146 e. The van der Waals surface area contributed by atoms with Crippen LogP contribution in [0.1, 0.15) is 0 Å². The quantitative estimate of drug-likeness (QED) is 0.566. The summed E-state index contributed by atoms with van der Waals surface area (Å²) in [6.45, 7) is 4.47. The van der Waals surface area contributed by atoms with Gasteiger partial charge < -0.3 is 26.5 Å². The Balaban J connectivity index is 0.000000351. The van der Waals surface area contributed by atoms with Crippen LogP contribution >= 0.6 is 7.26 Å². The summed E-state index contributed by atoms with van der Waals surface area (Å²) >= 11 is 0. The van der Waals surface area contributed by atoms with Gasteiger partial charge in [0.05, 0.1) is 19.9 Å². The molecule has 0 saturated carbocycles. The van der Waals surface area contributed by atoms with Gasteiger partial charge in [0.25, 0.3) is 0 Å². The number of benzene rings is 3. The Labute approximate surface area is 167 Å². The van der Waals surface area contributed by atoms with E-state index in [0.717, 1.165) is 13.2 Å². The zero-order valence-electron chi connectivity index (χ0n) is 14.9. The third-order valence-corrected chi connectivity index (χ3v) is 8.35. The van der Waals surface area contributed by atoms with E-state index in [1.807, 2.05) is 0 Å². The van der Waals surface area contributed by atoms with Gasteiger partial charge in [-0.3, -0.25) is 0 Å². The molecule has 0 atom stereocenters. The lowest BCUT2D eigenvalue weighted by atomic mass is 10.4. The summed E-state index contributed by atoms with van der Waals surface area (Å²) in [5, 5.41) is 4.28. The SMILES string of the molecule is C1COCO1.C[P+](c1ccccc1)(c1ccccc1)c1ccccc1.[Br-]. The highest BCUT2D eigenvalue weighted by atomic mass is 79.9. The summed E-state index contributed by atoms with van der Waals surface area (Å²) in [6, 6.07) is 32.6. The predicted octanol–water partition coefficient (Wildman–Crippen LogP) is 0.605. The summed E-state index contributed by atoms with van der Waals surface area (Å²) < 4.78 is 9.44. The van der Waals surface area contributed by atoms with Crippen LogP contribution in [0, 0.1) is 0 Å². The van der Waals surface area contributed by atoms with Crippen molar-refractivity contribution in [1.29, 1.82) is 0 Å². The highest BCUT2D eigenvalue weighted by Gasteiger charge is 2.39. The third kappa shape index (κ3) is 5.02. The third-order valence-electron chi connectivity index (χ3n) is 4.36. The average Bonchev–Trinajstić information content (AvgIpc) is 3.30. The standard InChI is InChI=1S/C19H18P.C3H6O2.BrH/c1-20(17-11-5-2-6-12-17,18-13-7-3-8-14-18)19-15-9-4-10-16-19;1-2-5-3-4-1;/h2-16H,1H3;1-3H2;1H/q+1;;/p-1. The van der Waals surface area contributed by atoms with Gasteiger partial charge in [0.1, 0.15) is 30.0 Å². The van der Waals surface area contributed by atoms with Crippen LogP contribution in [0.15, 0.2) is 91.0 Å². The van der Waals surface area contributed by atoms with E-state index in [9.17, 15) is 0 Å². The van der Waals surface area contributed by atoms with Crippen LogP contribution in [0.2, 0.25) is 0 Å². The largest absolute Gasteiger partial charge is 1.00 e. The van der Waals surface area contributed by atoms with Crippen molar-refractivity contribution in [3.05, 3.63) is 91.0 Å². The molecule has 136 valence electrons. The maximum absolute atomic E-state index is 4.72. The molecule has 3 aromatic rings. The van der Waals surface area contributed by atoms with Crippen molar-refractivity contribution in [2.24, 2.45) is 0 Å². The normalized spacial score (nSPS) is 13.3. The average molecular weight is 431 g/mol. The van der Waals surface area contributed by atoms with E-state index >= 15 is 0 Å². The first kappa shape index (κ1) is 20.8. The molecule has 26 heavy (non-hydrogen) atoms. The van der Waals surface area contributed by atoms with Gasteiger partial charge in [-0.2, -0.15) is 0 Å². The Morgan fingerprint density at radius 2 is 0.885 bits per heavy atom. The van der Waals surface area contributed by atoms with E-state index in [2.05, 4.69) is 97.7 Å². The van der Waals surface area contributed by atoms with Crippen molar-refractivity contribution in [2.75, 3.05) is 26.7 Å². The first-order valence-electron chi connectivity index (χ1n) is 8.50. The number of halogens is 1. The van der Waals surface area contributed by atoms with Crippen LogP contribution in [0.5, 0.6) is 0 Å². The number of rotatable bonds is 3. The fourth-order valence-corrected chi connectivity index (χ4v) is 6.12. The molecule has 1 aliphatic heterocycles.